The molecule has 27 heteroatoms. The first-order valence-corrected chi connectivity index (χ1v) is 57.8. The Kier molecular flexibility index (Phi) is 28.9. The van der Waals surface area contributed by atoms with Crippen molar-refractivity contribution in [1.29, 1.82) is 0 Å². The van der Waals surface area contributed by atoms with E-state index in [0.29, 0.717) is 82.9 Å². The highest BCUT2D eigenvalue weighted by Gasteiger charge is 2.72. The minimum atomic E-state index is -6.06. The highest BCUT2D eigenvalue weighted by atomic mass is 31.2. The van der Waals surface area contributed by atoms with Crippen LogP contribution in [0.5, 0.6) is 0 Å². The Morgan fingerprint density at radius 2 is 0.950 bits per heavy atom. The Morgan fingerprint density at radius 1 is 0.521 bits per heavy atom. The van der Waals surface area contributed by atoms with Crippen molar-refractivity contribution in [2.75, 3.05) is 6.16 Å². The number of fused-ring (bicyclic) bond motifs is 2. The third-order valence-electron chi connectivity index (χ3n) is 27.7. The van der Waals surface area contributed by atoms with E-state index in [-0.39, 0.29) is 102 Å². The lowest BCUT2D eigenvalue weighted by molar-refractivity contribution is -0.347. The van der Waals surface area contributed by atoms with Gasteiger partial charge >= 0.3 is 24.7 Å². The van der Waals surface area contributed by atoms with Gasteiger partial charge in [0.15, 0.2) is 33.3 Å². The molecular weight excluding hydrogens is 1660 g/mol. The number of hydrogen-bond acceptors (Lipinski definition) is 10. The van der Waals surface area contributed by atoms with Crippen LogP contribution >= 0.6 is 7.14 Å². The number of aliphatic hydroxyl groups excluding tert-OH is 2. The summed E-state index contributed by atoms with van der Waals surface area (Å²) < 4.78 is 301. The molecule has 6 fully saturated rings. The zero-order valence-electron chi connectivity index (χ0n) is 87.3. The van der Waals surface area contributed by atoms with Crippen molar-refractivity contribution in [3.63, 3.8) is 0 Å². The van der Waals surface area contributed by atoms with Gasteiger partial charge in [-0.2, -0.15) is 52.7 Å². The fourth-order valence-corrected chi connectivity index (χ4v) is 27.5. The molecule has 10 nitrogen and oxygen atoms in total. The van der Waals surface area contributed by atoms with Gasteiger partial charge in [0.05, 0.1) is 35.6 Å². The normalized spacial score (nSPS) is 28.5. The van der Waals surface area contributed by atoms with Crippen molar-refractivity contribution in [3.8, 4) is 0 Å². The zero-order valence-corrected chi connectivity index (χ0v) is 80.2. The summed E-state index contributed by atoms with van der Waals surface area (Å²) >= 11 is 0. The summed E-state index contributed by atoms with van der Waals surface area (Å²) in [5, 5.41) is 42.9. The summed E-state index contributed by atoms with van der Waals surface area (Å²) in [6, 6.07) is 20.0. The van der Waals surface area contributed by atoms with Gasteiger partial charge in [0.25, 0.3) is 11.2 Å². The second-order valence-electron chi connectivity index (χ2n) is 42.0. The van der Waals surface area contributed by atoms with Crippen molar-refractivity contribution >= 4 is 56.8 Å². The summed E-state index contributed by atoms with van der Waals surface area (Å²) in [7, 11) is -12.9. The topological polar surface area (TPSA) is 152 Å². The number of halogens is 12. The van der Waals surface area contributed by atoms with Crippen LogP contribution < -0.4 is 10.6 Å². The molecule has 692 valence electrons. The molecule has 0 radical (unpaired) electrons. The van der Waals surface area contributed by atoms with E-state index < -0.39 is 162 Å². The molecule has 6 aliphatic carbocycles. The van der Waals surface area contributed by atoms with Crippen LogP contribution in [-0.4, -0.2) is 137 Å². The van der Waals surface area contributed by atoms with Crippen molar-refractivity contribution < 1.29 is 117 Å². The number of hydrogen-bond donors (Lipinski definition) is 4. The average molecular weight is 1820 g/mol. The number of rotatable bonds is 29. The number of aliphatic hydroxyl groups is 4. The Balaban J connectivity index is 0.000000309. The Morgan fingerprint density at radius 3 is 1.37 bits per heavy atom. The van der Waals surface area contributed by atoms with Gasteiger partial charge in [-0.1, -0.05) is 190 Å². The van der Waals surface area contributed by atoms with Gasteiger partial charge < -0.3 is 42.7 Å². The molecule has 0 aromatic heterocycles. The fourth-order valence-electron chi connectivity index (χ4n) is 19.8. The van der Waals surface area contributed by atoms with Crippen LogP contribution in [0.15, 0.2) is 120 Å². The molecule has 12 atom stereocenters. The third kappa shape index (κ3) is 27.7. The molecule has 4 unspecified atom stereocenters. The molecule has 6 saturated carbocycles. The highest BCUT2D eigenvalue weighted by Crippen LogP contribution is 2.66. The van der Waals surface area contributed by atoms with Gasteiger partial charge in [-0.3, -0.25) is 4.79 Å². The first-order valence-electron chi connectivity index (χ1n) is 49.2. The number of carbonyl (C=O) groups excluding carboxylic acids is 1. The molecule has 0 spiro atoms. The molecule has 6 aliphatic rings. The maximum absolute atomic E-state index is 14.6. The molecule has 2 aromatic rings. The summed E-state index contributed by atoms with van der Waals surface area (Å²) in [4.78, 5) is 12.9. The Bertz CT molecular complexity index is 4230. The number of allylic oxidation sites excluding steroid dienone is 6. The van der Waals surface area contributed by atoms with E-state index in [1.807, 2.05) is 86.7 Å². The fraction of sp³-hybridized carbons (Fsp3) is 0.755. The minimum absolute atomic E-state index is 0.00110. The van der Waals surface area contributed by atoms with Crippen LogP contribution in [-0.2, 0) is 27.1 Å². The smallest absolute Gasteiger partial charge is 0.414 e. The Labute approximate surface area is 739 Å². The molecule has 0 heterocycles. The van der Waals surface area contributed by atoms with Gasteiger partial charge in [0.2, 0.25) is 0 Å². The van der Waals surface area contributed by atoms with E-state index in [0.717, 1.165) is 59.9 Å². The van der Waals surface area contributed by atoms with Gasteiger partial charge in [0, 0.05) is 45.6 Å². The van der Waals surface area contributed by atoms with Gasteiger partial charge in [-0.05, 0) is 289 Å². The monoisotopic (exact) mass is 1820 g/mol. The third-order valence-corrected chi connectivity index (χ3v) is 41.6. The predicted molar refractivity (Wildman–Crippen MR) is 477 cm³/mol. The number of benzene rings is 2. The first-order chi connectivity index (χ1) is 59.7. The van der Waals surface area contributed by atoms with E-state index >= 15 is 0 Å². The van der Waals surface area contributed by atoms with Gasteiger partial charge in [0.1, 0.15) is 12.9 Å². The summed E-state index contributed by atoms with van der Waals surface area (Å²) in [5.41, 5.74) is -15.1. The highest BCUT2D eigenvalue weighted by molar-refractivity contribution is 7.78. The molecule has 121 heavy (non-hydrogen) atoms. The van der Waals surface area contributed by atoms with Crippen molar-refractivity contribution in [1.82, 2.24) is 0 Å². The summed E-state index contributed by atoms with van der Waals surface area (Å²) in [5.74, 6) is -0.844. The van der Waals surface area contributed by atoms with Crippen LogP contribution in [0.25, 0.3) is 0 Å². The van der Waals surface area contributed by atoms with Crippen molar-refractivity contribution in [3.05, 3.63) is 120 Å². The number of Topliss-reactive ketones (excluding diaryl/α,β-unsaturated/α-hetero) is 1. The van der Waals surface area contributed by atoms with Gasteiger partial charge in [-0.25, -0.2) is 0 Å². The number of alkyl halides is 12. The van der Waals surface area contributed by atoms with Crippen molar-refractivity contribution in [2.45, 2.75) is 398 Å². The van der Waals surface area contributed by atoms with Gasteiger partial charge in [-0.15, -0.1) is 0 Å². The number of carbonyl (C=O) groups is 1. The van der Waals surface area contributed by atoms with E-state index in [4.69, 9.17) is 34.2 Å². The molecule has 0 aliphatic heterocycles. The SMILES string of the molecule is CC(C)(C)[Si](C)(C)O[C@@H]1CC(=CCP(=O)(c2ccccc2)c2ccccc2)C[C@@H](O[Si](C)(C)C(C)(C)C)C1.[2H]C([2H])([2H])C(CCCC(C)(C/C=C/C(O[Si](C)(C)C)(C(F)(F)F)C(F)(F)F)[C@H]1CCC2C(=O)CCC[C@@]21C)(O[Si](C)(C)C)C([2H])([2H])[2H].[2H]C([2H])([2H])C(O)(CCCC(C)(C/C=C/C(O)(C(F)(F)F)C(F)(F)F)[C@H]1CCC2/C(=C/C=C3C[C@@H](O)C[C@H](O)C3)CCC[C@@]21C)C([2H])([2H])[2H]. The predicted octanol–water partition coefficient (Wildman–Crippen LogP) is 26.8. The van der Waals surface area contributed by atoms with Crippen molar-refractivity contribution in [2.24, 2.45) is 45.3 Å². The molecule has 8 rings (SSSR count). The van der Waals surface area contributed by atoms with Crippen LogP contribution in [0.3, 0.4) is 0 Å². The van der Waals surface area contributed by atoms with Crippen LogP contribution in [0.1, 0.15) is 267 Å². The molecule has 0 amide bonds. The first kappa shape index (κ1) is 88.4. The van der Waals surface area contributed by atoms with Crippen LogP contribution in [0, 0.1) is 45.3 Å². The molecule has 0 bridgehead atoms. The maximum Gasteiger partial charge on any atom is 0.429 e. The largest absolute Gasteiger partial charge is 0.429 e. The van der Waals surface area contributed by atoms with E-state index in [9.17, 15) is 82.5 Å². The number of ketones is 1. The second-order valence-corrected chi connectivity index (χ2v) is 63.3. The summed E-state index contributed by atoms with van der Waals surface area (Å²) in [6.07, 6.45) is -8.79. The lowest BCUT2D eigenvalue weighted by Gasteiger charge is -2.49. The maximum atomic E-state index is 14.6. The molecule has 0 saturated heterocycles. The van der Waals surface area contributed by atoms with Crippen LogP contribution in [0.2, 0.25) is 75.5 Å². The quantitative estimate of drug-likeness (QED) is 0.0268. The van der Waals surface area contributed by atoms with E-state index in [2.05, 4.69) is 73.8 Å². The molecule has 4 N–H and O–H groups in total. The summed E-state index contributed by atoms with van der Waals surface area (Å²) in [6.45, 7) is 26.6. The molecule has 2 aromatic carbocycles. The standard InChI is InChI=1S/C32H48F6O4.C32H51O3PSi2.C30H52F6O3Si2/c1-27(2,41)13-6-14-28(3,15-7-17-30(42,31(33,34)35)32(36,37)38)26-12-11-25-22(8-5-16-29(25,26)4)10-9-21-18-23(39)20-24(40)19-21;1-31(2,3)37(7,8)34-27-23-26(24-28(25-27)35-38(9,10)32(4,5)6)21-22-36(33,29-17-13-11-14-18-29)30-19-15-12-16-20-30;1-25(2,38-40(5,6)7)17-12-18-26(3,24-16-15-22-23(37)14-11-20-27(22,24)4)19-13-21-28(29(31,32)33,30(34,35)36)39-41(8,9)10/h7,9-10,17,23-26,39-42H,5-6,8,11-16,18-20H2,1-4H3;11-21,27-28H,22-25H2,1-10H3;13,21-22,24H,11-12,14-20H2,1-10H3/b17-7+,22-10+;;21-13+/t23-,24-,25?,26-,28?,29+;27-,28-;22?,24-,26?,27+/m111/s1/i1D3,2D3;;1D3,2D3. The molecular formula is C94H151F12O10PSi4. The minimum Gasteiger partial charge on any atom is -0.414 e. The van der Waals surface area contributed by atoms with E-state index in [1.165, 1.54) is 25.2 Å². The second kappa shape index (κ2) is 39.6. The zero-order chi connectivity index (χ0) is 102. The van der Waals surface area contributed by atoms with E-state index in [1.54, 1.807) is 33.5 Å². The lowest BCUT2D eigenvalue weighted by atomic mass is 9.55. The van der Waals surface area contributed by atoms with Crippen LogP contribution in [0.4, 0.5) is 52.7 Å². The average Bonchev–Trinajstić information content (AvgIpc) is 1.41. The Hall–Kier alpha value is -3.25. The lowest BCUT2D eigenvalue weighted by Crippen LogP contribution is -2.61.